The highest BCUT2D eigenvalue weighted by molar-refractivity contribution is 5.77. The van der Waals surface area contributed by atoms with Crippen molar-refractivity contribution in [3.63, 3.8) is 0 Å². The van der Waals surface area contributed by atoms with Gasteiger partial charge in [0.25, 0.3) is 0 Å². The lowest BCUT2D eigenvalue weighted by Gasteiger charge is -2.26. The van der Waals surface area contributed by atoms with Gasteiger partial charge in [0.15, 0.2) is 0 Å². The SMILES string of the molecule is CCCCCCOc1ccc(N(c2ccc(C)cc2)c2ccc(C=CC(C)(C)CC)cc2)cc1. The average molecular weight is 456 g/mol. The molecular weight excluding hydrogens is 414 g/mol. The zero-order chi connectivity index (χ0) is 24.4. The highest BCUT2D eigenvalue weighted by Crippen LogP contribution is 2.35. The van der Waals surface area contributed by atoms with Crippen LogP contribution >= 0.6 is 0 Å². The fourth-order valence-electron chi connectivity index (χ4n) is 3.73. The molecule has 0 aliphatic carbocycles. The molecule has 0 aromatic heterocycles. The molecule has 0 spiro atoms. The number of hydrogen-bond acceptors (Lipinski definition) is 2. The smallest absolute Gasteiger partial charge is 0.119 e. The molecule has 0 heterocycles. The fourth-order valence-corrected chi connectivity index (χ4v) is 3.73. The van der Waals surface area contributed by atoms with Gasteiger partial charge >= 0.3 is 0 Å². The molecule has 34 heavy (non-hydrogen) atoms. The number of hydrogen-bond donors (Lipinski definition) is 0. The molecule has 2 heteroatoms. The van der Waals surface area contributed by atoms with Crippen LogP contribution in [0.1, 0.15) is 70.9 Å². The average Bonchev–Trinajstić information content (AvgIpc) is 2.86. The van der Waals surface area contributed by atoms with Crippen molar-refractivity contribution in [3.8, 4) is 5.75 Å². The minimum Gasteiger partial charge on any atom is -0.494 e. The first-order valence-corrected chi connectivity index (χ1v) is 12.8. The molecule has 0 saturated carbocycles. The minimum atomic E-state index is 0.215. The van der Waals surface area contributed by atoms with Crippen LogP contribution in [0, 0.1) is 12.3 Å². The van der Waals surface area contributed by atoms with Gasteiger partial charge in [-0.15, -0.1) is 0 Å². The largest absolute Gasteiger partial charge is 0.494 e. The Morgan fingerprint density at radius 3 is 1.85 bits per heavy atom. The fraction of sp³-hybridized carbons (Fsp3) is 0.375. The molecule has 2 nitrogen and oxygen atoms in total. The molecule has 180 valence electrons. The lowest BCUT2D eigenvalue weighted by Crippen LogP contribution is -2.10. The standard InChI is InChI=1S/C32H41NO/c1-6-8-9-10-25-34-31-21-19-30(20-22-31)33(28-15-11-26(3)12-16-28)29-17-13-27(14-18-29)23-24-32(4,5)7-2/h11-24H,6-10,25H2,1-5H3. The van der Waals surface area contributed by atoms with Crippen LogP contribution in [0.25, 0.3) is 6.08 Å². The second kappa shape index (κ2) is 12.5. The molecule has 3 aromatic carbocycles. The Bertz CT molecular complexity index is 1010. The number of benzene rings is 3. The summed E-state index contributed by atoms with van der Waals surface area (Å²) in [6, 6.07) is 26.0. The molecular formula is C32H41NO. The quantitative estimate of drug-likeness (QED) is 0.252. The van der Waals surface area contributed by atoms with Gasteiger partial charge in [-0.25, -0.2) is 0 Å². The van der Waals surface area contributed by atoms with Crippen molar-refractivity contribution in [2.45, 2.75) is 66.7 Å². The predicted octanol–water partition coefficient (Wildman–Crippen LogP) is 9.87. The molecule has 0 aliphatic rings. The molecule has 0 N–H and O–H groups in total. The molecule has 0 amide bonds. The number of allylic oxidation sites excluding steroid dienone is 1. The molecule has 0 bridgehead atoms. The van der Waals surface area contributed by atoms with Gasteiger partial charge in [-0.2, -0.15) is 0 Å². The minimum absolute atomic E-state index is 0.215. The van der Waals surface area contributed by atoms with E-state index in [-0.39, 0.29) is 5.41 Å². The Hall–Kier alpha value is -3.00. The van der Waals surface area contributed by atoms with Crippen molar-refractivity contribution in [2.24, 2.45) is 5.41 Å². The van der Waals surface area contributed by atoms with Crippen LogP contribution in [-0.4, -0.2) is 6.61 Å². The van der Waals surface area contributed by atoms with Gasteiger partial charge in [0.1, 0.15) is 5.75 Å². The first kappa shape index (κ1) is 25.6. The van der Waals surface area contributed by atoms with E-state index in [2.05, 4.69) is 124 Å². The van der Waals surface area contributed by atoms with E-state index >= 15 is 0 Å². The first-order chi connectivity index (χ1) is 16.4. The third-order valence-corrected chi connectivity index (χ3v) is 6.44. The Morgan fingerprint density at radius 2 is 1.29 bits per heavy atom. The number of anilines is 3. The Labute approximate surface area is 207 Å². The molecule has 3 rings (SSSR count). The predicted molar refractivity (Wildman–Crippen MR) is 149 cm³/mol. The van der Waals surface area contributed by atoms with Crippen LogP contribution in [0.5, 0.6) is 5.75 Å². The highest BCUT2D eigenvalue weighted by Gasteiger charge is 2.13. The zero-order valence-corrected chi connectivity index (χ0v) is 21.7. The lowest BCUT2D eigenvalue weighted by atomic mass is 9.89. The Balaban J connectivity index is 1.82. The van der Waals surface area contributed by atoms with Crippen LogP contribution in [0.2, 0.25) is 0 Å². The van der Waals surface area contributed by atoms with E-state index in [1.807, 2.05) is 0 Å². The van der Waals surface area contributed by atoms with E-state index in [1.54, 1.807) is 0 Å². The summed E-state index contributed by atoms with van der Waals surface area (Å²) >= 11 is 0. The van der Waals surface area contributed by atoms with E-state index < -0.39 is 0 Å². The monoisotopic (exact) mass is 455 g/mol. The van der Waals surface area contributed by atoms with E-state index in [0.29, 0.717) is 0 Å². The second-order valence-corrected chi connectivity index (χ2v) is 9.84. The molecule has 0 unspecified atom stereocenters. The number of unbranched alkanes of at least 4 members (excludes halogenated alkanes) is 3. The maximum atomic E-state index is 5.97. The van der Waals surface area contributed by atoms with Gasteiger partial charge in [-0.1, -0.05) is 88.9 Å². The maximum Gasteiger partial charge on any atom is 0.119 e. The van der Waals surface area contributed by atoms with Crippen LogP contribution in [0.4, 0.5) is 17.1 Å². The van der Waals surface area contributed by atoms with Crippen LogP contribution in [0.15, 0.2) is 78.9 Å². The van der Waals surface area contributed by atoms with Crippen LogP contribution in [0.3, 0.4) is 0 Å². The van der Waals surface area contributed by atoms with E-state index in [0.717, 1.165) is 42.3 Å². The van der Waals surface area contributed by atoms with Crippen molar-refractivity contribution >= 4 is 23.1 Å². The van der Waals surface area contributed by atoms with E-state index in [4.69, 9.17) is 4.74 Å². The molecule has 3 aromatic rings. The van der Waals surface area contributed by atoms with E-state index in [1.165, 1.54) is 30.4 Å². The van der Waals surface area contributed by atoms with Crippen LogP contribution in [-0.2, 0) is 0 Å². The third kappa shape index (κ3) is 7.52. The first-order valence-electron chi connectivity index (χ1n) is 12.8. The van der Waals surface area contributed by atoms with Crippen molar-refractivity contribution in [1.29, 1.82) is 0 Å². The summed E-state index contributed by atoms with van der Waals surface area (Å²) in [6.45, 7) is 11.9. The maximum absolute atomic E-state index is 5.97. The van der Waals surface area contributed by atoms with Crippen molar-refractivity contribution in [2.75, 3.05) is 11.5 Å². The summed E-state index contributed by atoms with van der Waals surface area (Å²) in [5.41, 5.74) is 6.11. The molecule has 0 fully saturated rings. The van der Waals surface area contributed by atoms with Crippen molar-refractivity contribution in [3.05, 3.63) is 90.0 Å². The number of aryl methyl sites for hydroxylation is 1. The summed E-state index contributed by atoms with van der Waals surface area (Å²) in [7, 11) is 0. The highest BCUT2D eigenvalue weighted by atomic mass is 16.5. The van der Waals surface area contributed by atoms with Gasteiger partial charge in [-0.05, 0) is 79.3 Å². The summed E-state index contributed by atoms with van der Waals surface area (Å²) in [5.74, 6) is 0.933. The number of rotatable bonds is 12. The van der Waals surface area contributed by atoms with Crippen molar-refractivity contribution in [1.82, 2.24) is 0 Å². The van der Waals surface area contributed by atoms with Crippen molar-refractivity contribution < 1.29 is 4.74 Å². The Morgan fingerprint density at radius 1 is 0.735 bits per heavy atom. The molecule has 0 atom stereocenters. The lowest BCUT2D eigenvalue weighted by molar-refractivity contribution is 0.305. The van der Waals surface area contributed by atoms with E-state index in [9.17, 15) is 0 Å². The van der Waals surface area contributed by atoms with Gasteiger partial charge in [0, 0.05) is 17.1 Å². The van der Waals surface area contributed by atoms with Gasteiger partial charge in [0.2, 0.25) is 0 Å². The van der Waals surface area contributed by atoms with Crippen LogP contribution < -0.4 is 9.64 Å². The summed E-state index contributed by atoms with van der Waals surface area (Å²) in [4.78, 5) is 2.30. The zero-order valence-electron chi connectivity index (χ0n) is 21.7. The summed E-state index contributed by atoms with van der Waals surface area (Å²) in [5, 5.41) is 0. The van der Waals surface area contributed by atoms with Gasteiger partial charge in [0.05, 0.1) is 6.61 Å². The Kier molecular flexibility index (Phi) is 9.39. The molecule has 0 aliphatic heterocycles. The van der Waals surface area contributed by atoms with Gasteiger partial charge in [-0.3, -0.25) is 0 Å². The normalized spacial score (nSPS) is 11.7. The number of nitrogens with zero attached hydrogens (tertiary/aromatic N) is 1. The third-order valence-electron chi connectivity index (χ3n) is 6.44. The number of ether oxygens (including phenoxy) is 1. The topological polar surface area (TPSA) is 12.5 Å². The summed E-state index contributed by atoms with van der Waals surface area (Å²) in [6.07, 6.45) is 10.5. The molecule has 0 saturated heterocycles. The molecule has 0 radical (unpaired) electrons. The second-order valence-electron chi connectivity index (χ2n) is 9.84. The van der Waals surface area contributed by atoms with Gasteiger partial charge < -0.3 is 9.64 Å². The summed E-state index contributed by atoms with van der Waals surface area (Å²) < 4.78 is 5.97.